The third-order valence-corrected chi connectivity index (χ3v) is 7.82. The molecular formula is C27H23BN2. The van der Waals surface area contributed by atoms with Crippen LogP contribution in [-0.2, 0) is 0 Å². The highest BCUT2D eigenvalue weighted by atomic mass is 15.0. The molecule has 0 amide bonds. The first-order chi connectivity index (χ1) is 14.5. The lowest BCUT2D eigenvalue weighted by molar-refractivity contribution is 1.01. The minimum atomic E-state index is 0.283. The lowest BCUT2D eigenvalue weighted by atomic mass is 9.34. The number of rotatable bonds is 0. The van der Waals surface area contributed by atoms with Crippen LogP contribution in [-0.4, -0.2) is 15.8 Å². The molecule has 0 radical (unpaired) electrons. The highest BCUT2D eigenvalue weighted by Gasteiger charge is 2.40. The van der Waals surface area contributed by atoms with Gasteiger partial charge >= 0.3 is 0 Å². The predicted octanol–water partition coefficient (Wildman–Crippen LogP) is 4.26. The summed E-state index contributed by atoms with van der Waals surface area (Å²) >= 11 is 0. The Morgan fingerprint density at radius 1 is 0.633 bits per heavy atom. The van der Waals surface area contributed by atoms with Crippen molar-refractivity contribution in [2.75, 3.05) is 0 Å². The third-order valence-electron chi connectivity index (χ3n) is 7.82. The third kappa shape index (κ3) is 1.63. The molecule has 144 valence electrons. The van der Waals surface area contributed by atoms with E-state index in [0.717, 1.165) is 0 Å². The van der Waals surface area contributed by atoms with Crippen molar-refractivity contribution in [1.29, 1.82) is 0 Å². The van der Waals surface area contributed by atoms with Gasteiger partial charge in [0.05, 0.1) is 0 Å². The van der Waals surface area contributed by atoms with Crippen LogP contribution >= 0.6 is 0 Å². The van der Waals surface area contributed by atoms with Crippen molar-refractivity contribution in [1.82, 2.24) is 9.13 Å². The Morgan fingerprint density at radius 3 is 1.57 bits per heavy atom. The quantitative estimate of drug-likeness (QED) is 0.345. The summed E-state index contributed by atoms with van der Waals surface area (Å²) in [6.07, 6.45) is 0. The summed E-state index contributed by atoms with van der Waals surface area (Å²) in [6.45, 7) is 11.6. The molecule has 0 saturated heterocycles. The summed E-state index contributed by atoms with van der Waals surface area (Å²) in [7, 11) is 0. The first-order valence-electron chi connectivity index (χ1n) is 10.9. The van der Waals surface area contributed by atoms with Gasteiger partial charge in [-0.15, -0.1) is 0 Å². The summed E-state index contributed by atoms with van der Waals surface area (Å²) in [4.78, 5) is 0. The van der Waals surface area contributed by atoms with Crippen LogP contribution in [0.4, 0.5) is 0 Å². The van der Waals surface area contributed by atoms with Crippen LogP contribution in [0.3, 0.4) is 0 Å². The first kappa shape index (κ1) is 16.6. The van der Waals surface area contributed by atoms with E-state index in [9.17, 15) is 0 Å². The van der Waals surface area contributed by atoms with Crippen LogP contribution < -0.4 is 16.4 Å². The molecule has 7 rings (SSSR count). The second-order valence-corrected chi connectivity index (χ2v) is 9.23. The number of para-hydroxylation sites is 2. The Labute approximate surface area is 176 Å². The van der Waals surface area contributed by atoms with Gasteiger partial charge in [-0.25, -0.2) is 0 Å². The number of fused-ring (bicyclic) bond motifs is 4. The van der Waals surface area contributed by atoms with Crippen LogP contribution in [0.1, 0.15) is 28.1 Å². The zero-order valence-electron chi connectivity index (χ0n) is 18.1. The van der Waals surface area contributed by atoms with Crippen molar-refractivity contribution < 1.29 is 0 Å². The maximum absolute atomic E-state index is 2.53. The molecule has 0 bridgehead atoms. The summed E-state index contributed by atoms with van der Waals surface area (Å²) in [6, 6.07) is 18.6. The van der Waals surface area contributed by atoms with E-state index in [0.29, 0.717) is 0 Å². The molecule has 2 nitrogen and oxygen atoms in total. The van der Waals surface area contributed by atoms with E-state index >= 15 is 0 Å². The second kappa shape index (κ2) is 5.10. The SMILES string of the molecule is Cc1cc2c3c(c1)-n1c(C)c(C)c4cccc(c41)B3c1cccc3c(C)c(C)n-2c13. The molecule has 0 N–H and O–H groups in total. The molecule has 0 saturated carbocycles. The van der Waals surface area contributed by atoms with Crippen molar-refractivity contribution in [3.05, 3.63) is 76.6 Å². The molecule has 3 aromatic carbocycles. The molecule has 30 heavy (non-hydrogen) atoms. The average Bonchev–Trinajstić information content (AvgIpc) is 3.15. The van der Waals surface area contributed by atoms with Crippen LogP contribution in [0.25, 0.3) is 33.2 Å². The van der Waals surface area contributed by atoms with Crippen LogP contribution in [0, 0.1) is 34.6 Å². The standard InChI is InChI=1S/C27H23BN2/c1-14-12-23-25-24(13-14)30-18(5)16(3)20-9-7-11-22(27(20)30)28(25)21-10-6-8-19-15(2)17(4)29(23)26(19)21/h6-13H,1-5H3. The Morgan fingerprint density at radius 2 is 1.10 bits per heavy atom. The van der Waals surface area contributed by atoms with Gasteiger partial charge in [0, 0.05) is 44.6 Å². The Hall–Kier alpha value is -3.20. The fourth-order valence-electron chi connectivity index (χ4n) is 6.26. The monoisotopic (exact) mass is 386 g/mol. The van der Waals surface area contributed by atoms with Gasteiger partial charge in [0.1, 0.15) is 0 Å². The number of benzene rings is 3. The lowest BCUT2D eigenvalue weighted by Gasteiger charge is -2.34. The van der Waals surface area contributed by atoms with Crippen molar-refractivity contribution >= 4 is 44.9 Å². The molecule has 4 heterocycles. The number of aromatic nitrogens is 2. The summed E-state index contributed by atoms with van der Waals surface area (Å²) in [5.41, 5.74) is 16.7. The highest BCUT2D eigenvalue weighted by molar-refractivity contribution is 7.00. The van der Waals surface area contributed by atoms with Gasteiger partial charge in [-0.1, -0.05) is 36.4 Å². The fourth-order valence-corrected chi connectivity index (χ4v) is 6.26. The molecule has 0 fully saturated rings. The zero-order chi connectivity index (χ0) is 20.5. The van der Waals surface area contributed by atoms with E-state index in [1.165, 1.54) is 77.6 Å². The maximum atomic E-state index is 2.53. The lowest BCUT2D eigenvalue weighted by Crippen LogP contribution is -2.59. The maximum Gasteiger partial charge on any atom is 0.252 e. The van der Waals surface area contributed by atoms with E-state index in [1.807, 2.05) is 0 Å². The largest absolute Gasteiger partial charge is 0.315 e. The molecule has 2 aliphatic rings. The molecule has 0 unspecified atom stereocenters. The number of hydrogen-bond donors (Lipinski definition) is 0. The van der Waals surface area contributed by atoms with Gasteiger partial charge in [-0.05, 0) is 79.8 Å². The van der Waals surface area contributed by atoms with Gasteiger partial charge in [0.25, 0.3) is 6.71 Å². The molecule has 3 heteroatoms. The molecule has 5 aromatic rings. The van der Waals surface area contributed by atoms with Crippen LogP contribution in [0.5, 0.6) is 0 Å². The molecule has 2 aliphatic heterocycles. The van der Waals surface area contributed by atoms with Crippen LogP contribution in [0.2, 0.25) is 0 Å². The summed E-state index contributed by atoms with van der Waals surface area (Å²) < 4.78 is 5.05. The van der Waals surface area contributed by atoms with E-state index in [2.05, 4.69) is 92.3 Å². The van der Waals surface area contributed by atoms with Gasteiger partial charge < -0.3 is 9.13 Å². The number of aryl methyl sites for hydroxylation is 3. The topological polar surface area (TPSA) is 9.86 Å². The average molecular weight is 386 g/mol. The van der Waals surface area contributed by atoms with Crippen molar-refractivity contribution in [2.24, 2.45) is 0 Å². The molecule has 0 spiro atoms. The van der Waals surface area contributed by atoms with E-state index < -0.39 is 0 Å². The van der Waals surface area contributed by atoms with E-state index in [-0.39, 0.29) is 6.71 Å². The van der Waals surface area contributed by atoms with Crippen molar-refractivity contribution in [3.63, 3.8) is 0 Å². The predicted molar refractivity (Wildman–Crippen MR) is 128 cm³/mol. The molecule has 2 aromatic heterocycles. The number of hydrogen-bond acceptors (Lipinski definition) is 0. The van der Waals surface area contributed by atoms with Crippen molar-refractivity contribution in [3.8, 4) is 11.4 Å². The second-order valence-electron chi connectivity index (χ2n) is 9.23. The molecule has 0 atom stereocenters. The molecule has 0 aliphatic carbocycles. The highest BCUT2D eigenvalue weighted by Crippen LogP contribution is 2.36. The molecular weight excluding hydrogens is 363 g/mol. The van der Waals surface area contributed by atoms with Gasteiger partial charge in [0.2, 0.25) is 0 Å². The summed E-state index contributed by atoms with van der Waals surface area (Å²) in [5, 5.41) is 2.78. The fraction of sp³-hybridized carbons (Fsp3) is 0.185. The van der Waals surface area contributed by atoms with Crippen LogP contribution in [0.15, 0.2) is 48.5 Å². The van der Waals surface area contributed by atoms with Gasteiger partial charge in [0.15, 0.2) is 0 Å². The van der Waals surface area contributed by atoms with Gasteiger partial charge in [-0.3, -0.25) is 0 Å². The summed E-state index contributed by atoms with van der Waals surface area (Å²) in [5.74, 6) is 0. The Kier molecular flexibility index (Phi) is 2.82. The van der Waals surface area contributed by atoms with E-state index in [1.54, 1.807) is 0 Å². The minimum absolute atomic E-state index is 0.283. The van der Waals surface area contributed by atoms with Crippen molar-refractivity contribution in [2.45, 2.75) is 34.6 Å². The van der Waals surface area contributed by atoms with E-state index in [4.69, 9.17) is 0 Å². The first-order valence-corrected chi connectivity index (χ1v) is 10.9. The Balaban J connectivity index is 1.80. The normalized spacial score (nSPS) is 13.4. The van der Waals surface area contributed by atoms with Gasteiger partial charge in [-0.2, -0.15) is 0 Å². The minimum Gasteiger partial charge on any atom is -0.315 e. The Bertz CT molecular complexity index is 1480. The zero-order valence-corrected chi connectivity index (χ0v) is 18.1. The smallest absolute Gasteiger partial charge is 0.252 e. The number of nitrogens with zero attached hydrogens (tertiary/aromatic N) is 2.